The topological polar surface area (TPSA) is 47.8 Å². The zero-order valence-corrected chi connectivity index (χ0v) is 13.9. The average molecular weight is 323 g/mol. The van der Waals surface area contributed by atoms with Gasteiger partial charge in [0.25, 0.3) is 0 Å². The summed E-state index contributed by atoms with van der Waals surface area (Å²) in [6.45, 7) is 3.95. The summed E-state index contributed by atoms with van der Waals surface area (Å²) >= 11 is 1.36. The van der Waals surface area contributed by atoms with E-state index in [0.29, 0.717) is 10.9 Å². The fourth-order valence-electron chi connectivity index (χ4n) is 2.26. The van der Waals surface area contributed by atoms with Crippen molar-refractivity contribution in [2.24, 2.45) is 0 Å². The molecule has 0 spiro atoms. The van der Waals surface area contributed by atoms with E-state index in [-0.39, 0.29) is 5.78 Å². The molecule has 0 saturated heterocycles. The first-order valence-corrected chi connectivity index (χ1v) is 8.32. The predicted molar refractivity (Wildman–Crippen MR) is 92.3 cm³/mol. The number of Topliss-reactive ketones (excluding diaryl/α,β-unsaturated/α-hetero) is 1. The van der Waals surface area contributed by atoms with Crippen LogP contribution < -0.4 is 0 Å². The van der Waals surface area contributed by atoms with Gasteiger partial charge in [-0.25, -0.2) is 9.67 Å². The number of rotatable bonds is 5. The highest BCUT2D eigenvalue weighted by Crippen LogP contribution is 2.18. The summed E-state index contributed by atoms with van der Waals surface area (Å²) < 4.78 is 1.71. The molecule has 0 amide bonds. The van der Waals surface area contributed by atoms with Crippen molar-refractivity contribution in [2.75, 3.05) is 5.75 Å². The average Bonchev–Trinajstić information content (AvgIpc) is 3.05. The van der Waals surface area contributed by atoms with Crippen LogP contribution in [-0.2, 0) is 0 Å². The van der Waals surface area contributed by atoms with Crippen LogP contribution in [0.5, 0.6) is 0 Å². The molecule has 0 bridgehead atoms. The molecule has 0 fully saturated rings. The highest BCUT2D eigenvalue weighted by atomic mass is 32.2. The van der Waals surface area contributed by atoms with Gasteiger partial charge in [-0.2, -0.15) is 0 Å². The Balaban J connectivity index is 1.68. The second-order valence-corrected chi connectivity index (χ2v) is 6.28. The van der Waals surface area contributed by atoms with E-state index in [4.69, 9.17) is 0 Å². The molecule has 0 N–H and O–H groups in total. The minimum Gasteiger partial charge on any atom is -0.293 e. The van der Waals surface area contributed by atoms with E-state index in [9.17, 15) is 4.79 Å². The van der Waals surface area contributed by atoms with Gasteiger partial charge in [0.2, 0.25) is 5.16 Å². The summed E-state index contributed by atoms with van der Waals surface area (Å²) in [5.41, 5.74) is 3.83. The molecular weight excluding hydrogens is 306 g/mol. The van der Waals surface area contributed by atoms with Crippen LogP contribution in [0.2, 0.25) is 0 Å². The number of para-hydroxylation sites is 1. The van der Waals surface area contributed by atoms with Crippen molar-refractivity contribution in [2.45, 2.75) is 19.0 Å². The summed E-state index contributed by atoms with van der Waals surface area (Å²) in [5.74, 6) is 0.440. The Hall–Kier alpha value is -2.40. The van der Waals surface area contributed by atoms with Gasteiger partial charge in [-0.1, -0.05) is 47.7 Å². The molecule has 0 saturated carbocycles. The normalized spacial score (nSPS) is 10.7. The lowest BCUT2D eigenvalue weighted by Crippen LogP contribution is -2.05. The second-order valence-electron chi connectivity index (χ2n) is 5.34. The Morgan fingerprint density at radius 1 is 1.13 bits per heavy atom. The van der Waals surface area contributed by atoms with E-state index >= 15 is 0 Å². The molecule has 0 unspecified atom stereocenters. The van der Waals surface area contributed by atoms with Gasteiger partial charge in [-0.15, -0.1) is 5.10 Å². The van der Waals surface area contributed by atoms with Crippen molar-refractivity contribution in [3.63, 3.8) is 0 Å². The molecule has 2 aromatic carbocycles. The van der Waals surface area contributed by atoms with E-state index in [1.54, 1.807) is 11.0 Å². The van der Waals surface area contributed by atoms with Crippen molar-refractivity contribution in [1.29, 1.82) is 0 Å². The van der Waals surface area contributed by atoms with Gasteiger partial charge in [0.1, 0.15) is 6.33 Å². The maximum Gasteiger partial charge on any atom is 0.209 e. The third kappa shape index (κ3) is 3.68. The Morgan fingerprint density at radius 2 is 1.91 bits per heavy atom. The lowest BCUT2D eigenvalue weighted by atomic mass is 10.0. The number of carbonyl (C=O) groups excluding carboxylic acids is 1. The van der Waals surface area contributed by atoms with Gasteiger partial charge in [-0.3, -0.25) is 4.79 Å². The molecule has 116 valence electrons. The molecule has 0 atom stereocenters. The summed E-state index contributed by atoms with van der Waals surface area (Å²) in [6, 6.07) is 15.7. The number of thioether (sulfide) groups is 1. The number of hydrogen-bond acceptors (Lipinski definition) is 4. The smallest absolute Gasteiger partial charge is 0.209 e. The molecule has 0 aliphatic heterocycles. The molecule has 0 aliphatic carbocycles. The van der Waals surface area contributed by atoms with Crippen LogP contribution in [0.15, 0.2) is 60.0 Å². The van der Waals surface area contributed by atoms with Gasteiger partial charge < -0.3 is 0 Å². The van der Waals surface area contributed by atoms with Gasteiger partial charge >= 0.3 is 0 Å². The van der Waals surface area contributed by atoms with E-state index in [0.717, 1.165) is 22.4 Å². The Labute approximate surface area is 139 Å². The van der Waals surface area contributed by atoms with Crippen LogP contribution in [0.1, 0.15) is 21.5 Å². The van der Waals surface area contributed by atoms with Crippen molar-refractivity contribution in [1.82, 2.24) is 14.8 Å². The van der Waals surface area contributed by atoms with Crippen molar-refractivity contribution in [3.8, 4) is 5.69 Å². The van der Waals surface area contributed by atoms with Crippen LogP contribution in [0.3, 0.4) is 0 Å². The number of aromatic nitrogens is 3. The minimum absolute atomic E-state index is 0.104. The number of ketones is 1. The Morgan fingerprint density at radius 3 is 2.70 bits per heavy atom. The van der Waals surface area contributed by atoms with Crippen molar-refractivity contribution in [3.05, 3.63) is 71.5 Å². The molecule has 3 rings (SSSR count). The minimum atomic E-state index is 0.104. The number of carbonyl (C=O) groups is 1. The first kappa shape index (κ1) is 15.5. The quantitative estimate of drug-likeness (QED) is 0.528. The van der Waals surface area contributed by atoms with Gasteiger partial charge in [-0.05, 0) is 37.6 Å². The molecular formula is C18H17N3OS. The summed E-state index contributed by atoms with van der Waals surface area (Å²) in [4.78, 5) is 16.6. The molecule has 4 nitrogen and oxygen atoms in total. The molecule has 23 heavy (non-hydrogen) atoms. The molecule has 5 heteroatoms. The third-order valence-corrected chi connectivity index (χ3v) is 4.37. The molecule has 1 heterocycles. The standard InChI is InChI=1S/C18H17N3OS/c1-13-8-9-14(2)16(10-13)17(22)11-23-18-19-12-21(20-18)15-6-4-3-5-7-15/h3-10,12H,11H2,1-2H3. The van der Waals surface area contributed by atoms with Gasteiger partial charge in [0.15, 0.2) is 5.78 Å². The monoisotopic (exact) mass is 323 g/mol. The zero-order valence-electron chi connectivity index (χ0n) is 13.1. The maximum atomic E-state index is 12.4. The van der Waals surface area contributed by atoms with E-state index < -0.39 is 0 Å². The lowest BCUT2D eigenvalue weighted by Gasteiger charge is -2.05. The van der Waals surface area contributed by atoms with Crippen LogP contribution in [0.4, 0.5) is 0 Å². The van der Waals surface area contributed by atoms with Crippen molar-refractivity contribution >= 4 is 17.5 Å². The van der Waals surface area contributed by atoms with Crippen LogP contribution in [0, 0.1) is 13.8 Å². The number of hydrogen-bond donors (Lipinski definition) is 0. The third-order valence-electron chi connectivity index (χ3n) is 3.52. The van der Waals surface area contributed by atoms with Crippen LogP contribution in [-0.4, -0.2) is 26.3 Å². The maximum absolute atomic E-state index is 12.4. The molecule has 0 radical (unpaired) electrons. The van der Waals surface area contributed by atoms with Gasteiger partial charge in [0.05, 0.1) is 11.4 Å². The second kappa shape index (κ2) is 6.79. The number of nitrogens with zero attached hydrogens (tertiary/aromatic N) is 3. The first-order chi connectivity index (χ1) is 11.1. The zero-order chi connectivity index (χ0) is 16.2. The van der Waals surface area contributed by atoms with E-state index in [1.807, 2.05) is 62.4 Å². The Kier molecular flexibility index (Phi) is 4.57. The lowest BCUT2D eigenvalue weighted by molar-refractivity contribution is 0.102. The summed E-state index contributed by atoms with van der Waals surface area (Å²) in [6.07, 6.45) is 1.67. The fraction of sp³-hybridized carbons (Fsp3) is 0.167. The molecule has 1 aromatic heterocycles. The largest absolute Gasteiger partial charge is 0.293 e. The first-order valence-electron chi connectivity index (χ1n) is 7.34. The fourth-order valence-corrected chi connectivity index (χ4v) is 2.95. The highest BCUT2D eigenvalue weighted by molar-refractivity contribution is 7.99. The molecule has 0 aliphatic rings. The summed E-state index contributed by atoms with van der Waals surface area (Å²) in [7, 11) is 0. The van der Waals surface area contributed by atoms with Crippen LogP contribution >= 0.6 is 11.8 Å². The van der Waals surface area contributed by atoms with E-state index in [1.165, 1.54) is 11.8 Å². The van der Waals surface area contributed by atoms with Crippen LogP contribution in [0.25, 0.3) is 5.69 Å². The Bertz CT molecular complexity index is 827. The van der Waals surface area contributed by atoms with E-state index in [2.05, 4.69) is 10.1 Å². The van der Waals surface area contributed by atoms with Gasteiger partial charge in [0, 0.05) is 5.56 Å². The highest BCUT2D eigenvalue weighted by Gasteiger charge is 2.12. The molecule has 3 aromatic rings. The SMILES string of the molecule is Cc1ccc(C)c(C(=O)CSc2ncn(-c3ccccc3)n2)c1. The summed E-state index contributed by atoms with van der Waals surface area (Å²) in [5, 5.41) is 5.01. The van der Waals surface area contributed by atoms with Crippen molar-refractivity contribution < 1.29 is 4.79 Å². The predicted octanol–water partition coefficient (Wildman–Crippen LogP) is 3.86. The number of benzene rings is 2. The number of aryl methyl sites for hydroxylation is 2.